The van der Waals surface area contributed by atoms with Crippen LogP contribution in [0.4, 0.5) is 0 Å². The van der Waals surface area contributed by atoms with E-state index in [0.717, 1.165) is 12.1 Å². The van der Waals surface area contributed by atoms with Gasteiger partial charge in [0.1, 0.15) is 12.0 Å². The smallest absolute Gasteiger partial charge is 0.238 e. The zero-order valence-electron chi connectivity index (χ0n) is 13.0. The Hall–Kier alpha value is -1.46. The van der Waals surface area contributed by atoms with Gasteiger partial charge in [-0.2, -0.15) is 0 Å². The number of nitrogens with zero attached hydrogens (tertiary/aromatic N) is 1. The van der Waals surface area contributed by atoms with Crippen LogP contribution in [0.3, 0.4) is 0 Å². The fourth-order valence-electron chi connectivity index (χ4n) is 1.61. The zero-order valence-corrected chi connectivity index (χ0v) is 13.7. The number of hydrogen-bond acceptors (Lipinski definition) is 4. The van der Waals surface area contributed by atoms with Gasteiger partial charge in [0.05, 0.1) is 7.11 Å². The summed E-state index contributed by atoms with van der Waals surface area (Å²) in [5, 5.41) is 2.22. The fraction of sp³-hybridized carbons (Fsp3) is 0.533. The van der Waals surface area contributed by atoms with Gasteiger partial charge in [0.2, 0.25) is 5.91 Å². The number of halogens is 1. The van der Waals surface area contributed by atoms with E-state index in [0.29, 0.717) is 24.7 Å². The lowest BCUT2D eigenvalue weighted by Crippen LogP contribution is -2.29. The van der Waals surface area contributed by atoms with E-state index >= 15 is 0 Å². The minimum absolute atomic E-state index is 0.192. The van der Waals surface area contributed by atoms with Crippen LogP contribution in [0.25, 0.3) is 0 Å². The van der Waals surface area contributed by atoms with Crippen molar-refractivity contribution < 1.29 is 14.3 Å². The number of nitrogens with one attached hydrogen (secondary N) is 1. The van der Waals surface area contributed by atoms with Gasteiger partial charge in [-0.15, -0.1) is 11.6 Å². The summed E-state index contributed by atoms with van der Waals surface area (Å²) in [6.45, 7) is 3.43. The molecule has 5 nitrogen and oxygen atoms in total. The van der Waals surface area contributed by atoms with Crippen LogP contribution in [0.1, 0.15) is 12.5 Å². The molecule has 0 saturated carbocycles. The van der Waals surface area contributed by atoms with Crippen LogP contribution < -0.4 is 14.8 Å². The minimum Gasteiger partial charge on any atom is -0.493 e. The second-order valence-electron chi connectivity index (χ2n) is 4.97. The molecule has 1 aromatic carbocycles. The number of amides is 1. The second kappa shape index (κ2) is 8.74. The molecule has 1 aromatic rings. The molecular weight excluding hydrogens is 292 g/mol. The van der Waals surface area contributed by atoms with E-state index in [-0.39, 0.29) is 5.91 Å². The van der Waals surface area contributed by atoms with Crippen LogP contribution in [-0.2, 0) is 11.3 Å². The Balaban J connectivity index is 2.68. The number of benzene rings is 1. The molecule has 6 heteroatoms. The summed E-state index contributed by atoms with van der Waals surface area (Å²) in [7, 11) is 5.57. The summed E-state index contributed by atoms with van der Waals surface area (Å²) in [6, 6.07) is 5.58. The lowest BCUT2D eigenvalue weighted by atomic mass is 10.2. The Morgan fingerprint density at radius 1 is 1.38 bits per heavy atom. The first-order valence-corrected chi connectivity index (χ1v) is 7.24. The summed E-state index contributed by atoms with van der Waals surface area (Å²) in [4.78, 5) is 13.5. The summed E-state index contributed by atoms with van der Waals surface area (Å²) >= 11 is 5.71. The molecule has 0 radical (unpaired) electrons. The van der Waals surface area contributed by atoms with Crippen LogP contribution in [0.15, 0.2) is 18.2 Å². The molecule has 0 aliphatic rings. The van der Waals surface area contributed by atoms with Crippen LogP contribution in [0, 0.1) is 0 Å². The van der Waals surface area contributed by atoms with E-state index in [4.69, 9.17) is 21.1 Å². The Morgan fingerprint density at radius 2 is 2.10 bits per heavy atom. The molecule has 0 aliphatic heterocycles. The van der Waals surface area contributed by atoms with E-state index in [9.17, 15) is 4.79 Å². The predicted octanol–water partition coefficient (Wildman–Crippen LogP) is 1.88. The average Bonchev–Trinajstić information content (AvgIpc) is 2.44. The monoisotopic (exact) mass is 314 g/mol. The molecule has 0 aliphatic carbocycles. The SMILES string of the molecule is COc1ccc(CNC(=O)C(C)Cl)cc1OCCN(C)C. The van der Waals surface area contributed by atoms with Gasteiger partial charge in [0.15, 0.2) is 11.5 Å². The molecule has 1 amide bonds. The molecule has 1 N–H and O–H groups in total. The molecule has 1 unspecified atom stereocenters. The van der Waals surface area contributed by atoms with Crippen molar-refractivity contribution in [2.24, 2.45) is 0 Å². The third-order valence-corrected chi connectivity index (χ3v) is 3.05. The van der Waals surface area contributed by atoms with Crippen LogP contribution in [0.2, 0.25) is 0 Å². The maximum atomic E-state index is 11.5. The van der Waals surface area contributed by atoms with Crippen LogP contribution in [0.5, 0.6) is 11.5 Å². The first-order valence-electron chi connectivity index (χ1n) is 6.80. The van der Waals surface area contributed by atoms with Crippen molar-refractivity contribution >= 4 is 17.5 Å². The molecule has 0 aromatic heterocycles. The molecule has 1 atom stereocenters. The fourth-order valence-corrected chi connectivity index (χ4v) is 1.69. The lowest BCUT2D eigenvalue weighted by Gasteiger charge is -2.15. The number of hydrogen-bond donors (Lipinski definition) is 1. The number of methoxy groups -OCH3 is 1. The number of alkyl halides is 1. The van der Waals surface area contributed by atoms with E-state index in [1.807, 2.05) is 37.2 Å². The van der Waals surface area contributed by atoms with Crippen molar-refractivity contribution in [3.8, 4) is 11.5 Å². The Morgan fingerprint density at radius 3 is 2.67 bits per heavy atom. The molecule has 0 fully saturated rings. The van der Waals surface area contributed by atoms with Gasteiger partial charge < -0.3 is 19.7 Å². The Labute approximate surface area is 131 Å². The lowest BCUT2D eigenvalue weighted by molar-refractivity contribution is -0.120. The Kier molecular flexibility index (Phi) is 7.32. The van der Waals surface area contributed by atoms with Gasteiger partial charge in [-0.3, -0.25) is 4.79 Å². The highest BCUT2D eigenvalue weighted by Crippen LogP contribution is 2.28. The maximum Gasteiger partial charge on any atom is 0.238 e. The number of likely N-dealkylation sites (N-methyl/N-ethyl adjacent to an activating group) is 1. The first-order chi connectivity index (χ1) is 9.93. The van der Waals surface area contributed by atoms with Crippen molar-refractivity contribution in [1.29, 1.82) is 0 Å². The summed E-state index contributed by atoms with van der Waals surface area (Å²) in [6.07, 6.45) is 0. The highest BCUT2D eigenvalue weighted by atomic mass is 35.5. The van der Waals surface area contributed by atoms with Crippen molar-refractivity contribution in [3.63, 3.8) is 0 Å². The first kappa shape index (κ1) is 17.6. The summed E-state index contributed by atoms with van der Waals surface area (Å²) in [5.41, 5.74) is 0.932. The molecule has 118 valence electrons. The largest absolute Gasteiger partial charge is 0.493 e. The molecule has 0 bridgehead atoms. The number of carbonyl (C=O) groups is 1. The van der Waals surface area contributed by atoms with Crippen molar-refractivity contribution in [3.05, 3.63) is 23.8 Å². The van der Waals surface area contributed by atoms with Gasteiger partial charge in [0.25, 0.3) is 0 Å². The van der Waals surface area contributed by atoms with Crippen molar-refractivity contribution in [2.75, 3.05) is 34.4 Å². The van der Waals surface area contributed by atoms with E-state index in [1.165, 1.54) is 0 Å². The van der Waals surface area contributed by atoms with Gasteiger partial charge in [0, 0.05) is 13.1 Å². The average molecular weight is 315 g/mol. The standard InChI is InChI=1S/C15H23ClN2O3/c1-11(16)15(19)17-10-12-5-6-13(20-4)14(9-12)21-8-7-18(2)3/h5-6,9,11H,7-8,10H2,1-4H3,(H,17,19). The molecular formula is C15H23ClN2O3. The third-order valence-electron chi connectivity index (χ3n) is 2.85. The molecule has 0 saturated heterocycles. The maximum absolute atomic E-state index is 11.5. The van der Waals surface area contributed by atoms with E-state index in [1.54, 1.807) is 14.0 Å². The molecule has 21 heavy (non-hydrogen) atoms. The normalized spacial score (nSPS) is 12.1. The van der Waals surface area contributed by atoms with E-state index in [2.05, 4.69) is 5.32 Å². The zero-order chi connectivity index (χ0) is 15.8. The molecule has 0 spiro atoms. The van der Waals surface area contributed by atoms with Gasteiger partial charge in [-0.25, -0.2) is 0 Å². The highest BCUT2D eigenvalue weighted by Gasteiger charge is 2.10. The summed E-state index contributed by atoms with van der Waals surface area (Å²) < 4.78 is 11.0. The van der Waals surface area contributed by atoms with Crippen LogP contribution in [-0.4, -0.2) is 50.5 Å². The van der Waals surface area contributed by atoms with Gasteiger partial charge in [-0.05, 0) is 38.7 Å². The van der Waals surface area contributed by atoms with E-state index < -0.39 is 5.38 Å². The minimum atomic E-state index is -0.543. The highest BCUT2D eigenvalue weighted by molar-refractivity contribution is 6.30. The third kappa shape index (κ3) is 6.23. The summed E-state index contributed by atoms with van der Waals surface area (Å²) in [5.74, 6) is 1.15. The predicted molar refractivity (Wildman–Crippen MR) is 84.2 cm³/mol. The van der Waals surface area contributed by atoms with Crippen molar-refractivity contribution in [2.45, 2.75) is 18.8 Å². The number of carbonyl (C=O) groups excluding carboxylic acids is 1. The second-order valence-corrected chi connectivity index (χ2v) is 5.63. The molecule has 1 rings (SSSR count). The van der Waals surface area contributed by atoms with Crippen LogP contribution >= 0.6 is 11.6 Å². The molecule has 0 heterocycles. The number of rotatable bonds is 8. The Bertz CT molecular complexity index is 464. The topological polar surface area (TPSA) is 50.8 Å². The van der Waals surface area contributed by atoms with Gasteiger partial charge >= 0.3 is 0 Å². The quantitative estimate of drug-likeness (QED) is 0.744. The number of ether oxygens (including phenoxy) is 2. The van der Waals surface area contributed by atoms with Crippen molar-refractivity contribution in [1.82, 2.24) is 10.2 Å². The van der Waals surface area contributed by atoms with Gasteiger partial charge in [-0.1, -0.05) is 6.07 Å².